The predicted octanol–water partition coefficient (Wildman–Crippen LogP) is 4.01. The molecule has 1 saturated carbocycles. The molecule has 1 aromatic carbocycles. The fraction of sp³-hybridized carbons (Fsp3) is 0.348. The van der Waals surface area contributed by atoms with Crippen molar-refractivity contribution in [2.75, 3.05) is 14.2 Å². The second kappa shape index (κ2) is 8.98. The van der Waals surface area contributed by atoms with Crippen molar-refractivity contribution in [3.63, 3.8) is 0 Å². The normalized spacial score (nSPS) is 13.9. The highest BCUT2D eigenvalue weighted by molar-refractivity contribution is 5.95. The molecule has 7 heteroatoms. The van der Waals surface area contributed by atoms with E-state index in [2.05, 4.69) is 21.0 Å². The Bertz CT molecular complexity index is 988. The molecule has 1 N–H and O–H groups in total. The van der Waals surface area contributed by atoms with Gasteiger partial charge in [-0.3, -0.25) is 14.5 Å². The van der Waals surface area contributed by atoms with Gasteiger partial charge in [0.1, 0.15) is 11.5 Å². The van der Waals surface area contributed by atoms with Crippen molar-refractivity contribution >= 4 is 5.91 Å². The lowest BCUT2D eigenvalue weighted by atomic mass is 10.1. The summed E-state index contributed by atoms with van der Waals surface area (Å²) in [7, 11) is 3.12. The number of nitrogens with one attached hydrogen (secondary N) is 1. The molecule has 0 saturated heterocycles. The van der Waals surface area contributed by atoms with Crippen molar-refractivity contribution in [1.29, 1.82) is 0 Å². The number of carbonyl (C=O) groups is 1. The first-order valence-electron chi connectivity index (χ1n) is 10.2. The van der Waals surface area contributed by atoms with Crippen LogP contribution >= 0.6 is 0 Å². The summed E-state index contributed by atoms with van der Waals surface area (Å²) < 4.78 is 12.6. The van der Waals surface area contributed by atoms with E-state index in [1.807, 2.05) is 12.1 Å². The third-order valence-corrected chi connectivity index (χ3v) is 5.48. The maximum Gasteiger partial charge on any atom is 0.251 e. The Kier molecular flexibility index (Phi) is 5.97. The Labute approximate surface area is 176 Å². The molecule has 2 heterocycles. The van der Waals surface area contributed by atoms with Crippen molar-refractivity contribution in [3.05, 3.63) is 60.0 Å². The summed E-state index contributed by atoms with van der Waals surface area (Å²) in [5, 5.41) is 7.80. The van der Waals surface area contributed by atoms with Crippen LogP contribution in [-0.2, 0) is 6.54 Å². The molecule has 0 bridgehead atoms. The van der Waals surface area contributed by atoms with E-state index in [0.29, 0.717) is 29.6 Å². The van der Waals surface area contributed by atoms with Crippen molar-refractivity contribution < 1.29 is 14.3 Å². The van der Waals surface area contributed by atoms with Gasteiger partial charge < -0.3 is 14.8 Å². The third-order valence-electron chi connectivity index (χ3n) is 5.48. The molecule has 2 aromatic heterocycles. The molecule has 4 rings (SSSR count). The standard InChI is InChI=1S/C23H26N4O3/c1-29-20-11-17(12-21(14-20)30-2)23(28)25-15-18-13-22(16-7-9-24-10-8-16)27(26-18)19-5-3-4-6-19/h7-14,19H,3-6,15H2,1-2H3,(H,25,28). The molecule has 1 fully saturated rings. The topological polar surface area (TPSA) is 78.3 Å². The molecule has 1 amide bonds. The highest BCUT2D eigenvalue weighted by Gasteiger charge is 2.22. The van der Waals surface area contributed by atoms with Gasteiger partial charge in [0.25, 0.3) is 5.91 Å². The molecule has 0 radical (unpaired) electrons. The number of pyridine rings is 1. The van der Waals surface area contributed by atoms with Crippen LogP contribution in [0.25, 0.3) is 11.3 Å². The van der Waals surface area contributed by atoms with Crippen molar-refractivity contribution in [2.45, 2.75) is 38.3 Å². The van der Waals surface area contributed by atoms with Crippen LogP contribution in [0.1, 0.15) is 47.8 Å². The maximum absolute atomic E-state index is 12.7. The number of aromatic nitrogens is 3. The molecular formula is C23H26N4O3. The number of ether oxygens (including phenoxy) is 2. The minimum Gasteiger partial charge on any atom is -0.497 e. The van der Waals surface area contributed by atoms with Gasteiger partial charge in [-0.15, -0.1) is 0 Å². The van der Waals surface area contributed by atoms with Crippen LogP contribution in [0.3, 0.4) is 0 Å². The lowest BCUT2D eigenvalue weighted by Crippen LogP contribution is -2.23. The Morgan fingerprint density at radius 1 is 1.07 bits per heavy atom. The van der Waals surface area contributed by atoms with E-state index in [4.69, 9.17) is 14.6 Å². The highest BCUT2D eigenvalue weighted by atomic mass is 16.5. The average Bonchev–Trinajstić information content (AvgIpc) is 3.47. The number of hydrogen-bond acceptors (Lipinski definition) is 5. The van der Waals surface area contributed by atoms with E-state index in [9.17, 15) is 4.79 Å². The predicted molar refractivity (Wildman–Crippen MR) is 114 cm³/mol. The summed E-state index contributed by atoms with van der Waals surface area (Å²) >= 11 is 0. The molecule has 0 unspecified atom stereocenters. The third kappa shape index (κ3) is 4.30. The van der Waals surface area contributed by atoms with Crippen LogP contribution in [0.5, 0.6) is 11.5 Å². The van der Waals surface area contributed by atoms with Gasteiger partial charge in [-0.1, -0.05) is 12.8 Å². The monoisotopic (exact) mass is 406 g/mol. The molecule has 1 aliphatic carbocycles. The van der Waals surface area contributed by atoms with E-state index in [1.165, 1.54) is 12.8 Å². The number of hydrogen-bond donors (Lipinski definition) is 1. The number of benzene rings is 1. The molecule has 0 atom stereocenters. The van der Waals surface area contributed by atoms with E-state index < -0.39 is 0 Å². The second-order valence-corrected chi connectivity index (χ2v) is 7.42. The molecule has 7 nitrogen and oxygen atoms in total. The highest BCUT2D eigenvalue weighted by Crippen LogP contribution is 2.33. The zero-order valence-corrected chi connectivity index (χ0v) is 17.3. The molecule has 30 heavy (non-hydrogen) atoms. The Morgan fingerprint density at radius 3 is 2.37 bits per heavy atom. The van der Waals surface area contributed by atoms with Gasteiger partial charge in [-0.05, 0) is 43.2 Å². The van der Waals surface area contributed by atoms with Gasteiger partial charge in [0.15, 0.2) is 0 Å². The van der Waals surface area contributed by atoms with Crippen LogP contribution in [0.2, 0.25) is 0 Å². The summed E-state index contributed by atoms with van der Waals surface area (Å²) in [5.74, 6) is 0.947. The number of methoxy groups -OCH3 is 2. The van der Waals surface area contributed by atoms with E-state index >= 15 is 0 Å². The van der Waals surface area contributed by atoms with Crippen molar-refractivity contribution in [2.24, 2.45) is 0 Å². The Hall–Kier alpha value is -3.35. The zero-order chi connectivity index (χ0) is 20.9. The largest absolute Gasteiger partial charge is 0.497 e. The lowest BCUT2D eigenvalue weighted by Gasteiger charge is -2.14. The van der Waals surface area contributed by atoms with Crippen LogP contribution in [0, 0.1) is 0 Å². The van der Waals surface area contributed by atoms with E-state index in [1.54, 1.807) is 44.8 Å². The summed E-state index contributed by atoms with van der Waals surface area (Å²) in [5.41, 5.74) is 3.46. The van der Waals surface area contributed by atoms with Crippen LogP contribution in [0.4, 0.5) is 0 Å². The first-order valence-corrected chi connectivity index (χ1v) is 10.2. The first kappa shape index (κ1) is 19.9. The minimum atomic E-state index is -0.201. The summed E-state index contributed by atoms with van der Waals surface area (Å²) in [6, 6.07) is 11.6. The number of amides is 1. The smallest absolute Gasteiger partial charge is 0.251 e. The molecule has 0 aliphatic heterocycles. The molecule has 0 spiro atoms. The number of carbonyl (C=O) groups excluding carboxylic acids is 1. The molecule has 3 aromatic rings. The van der Waals surface area contributed by atoms with E-state index in [-0.39, 0.29) is 5.91 Å². The maximum atomic E-state index is 12.7. The second-order valence-electron chi connectivity index (χ2n) is 7.42. The Balaban J connectivity index is 1.54. The number of nitrogens with zero attached hydrogens (tertiary/aromatic N) is 3. The van der Waals surface area contributed by atoms with Gasteiger partial charge in [0.2, 0.25) is 0 Å². The lowest BCUT2D eigenvalue weighted by molar-refractivity contribution is 0.0949. The summed E-state index contributed by atoms with van der Waals surface area (Å²) in [6.07, 6.45) is 8.30. The van der Waals surface area contributed by atoms with Gasteiger partial charge in [0, 0.05) is 29.6 Å². The molecule has 156 valence electrons. The quantitative estimate of drug-likeness (QED) is 0.641. The minimum absolute atomic E-state index is 0.201. The van der Waals surface area contributed by atoms with Crippen LogP contribution in [0.15, 0.2) is 48.8 Å². The van der Waals surface area contributed by atoms with Crippen LogP contribution < -0.4 is 14.8 Å². The van der Waals surface area contributed by atoms with Crippen molar-refractivity contribution in [1.82, 2.24) is 20.1 Å². The summed E-state index contributed by atoms with van der Waals surface area (Å²) in [4.78, 5) is 16.8. The van der Waals surface area contributed by atoms with Crippen molar-refractivity contribution in [3.8, 4) is 22.8 Å². The fourth-order valence-electron chi connectivity index (χ4n) is 3.91. The van der Waals surface area contributed by atoms with Gasteiger partial charge in [-0.2, -0.15) is 5.10 Å². The average molecular weight is 406 g/mol. The first-order chi connectivity index (χ1) is 14.7. The summed E-state index contributed by atoms with van der Waals surface area (Å²) in [6.45, 7) is 0.343. The van der Waals surface area contributed by atoms with Crippen LogP contribution in [-0.4, -0.2) is 34.9 Å². The fourth-order valence-corrected chi connectivity index (χ4v) is 3.91. The molecule has 1 aliphatic rings. The molecular weight excluding hydrogens is 380 g/mol. The van der Waals surface area contributed by atoms with E-state index in [0.717, 1.165) is 29.8 Å². The van der Waals surface area contributed by atoms with Gasteiger partial charge >= 0.3 is 0 Å². The van der Waals surface area contributed by atoms with Gasteiger partial charge in [0.05, 0.1) is 38.2 Å². The number of rotatable bonds is 7. The SMILES string of the molecule is COc1cc(OC)cc(C(=O)NCc2cc(-c3ccncc3)n(C3CCCC3)n2)c1. The zero-order valence-electron chi connectivity index (χ0n) is 17.3. The van der Waals surface area contributed by atoms with Gasteiger partial charge in [-0.25, -0.2) is 0 Å². The Morgan fingerprint density at radius 2 is 1.73 bits per heavy atom.